The summed E-state index contributed by atoms with van der Waals surface area (Å²) in [5.74, 6) is -0.828. The van der Waals surface area contributed by atoms with E-state index < -0.39 is 5.91 Å². The molecule has 0 saturated carbocycles. The molecule has 9 heteroatoms. The normalized spacial score (nSPS) is 9.43. The predicted octanol–water partition coefficient (Wildman–Crippen LogP) is 3.52. The number of nitrogen functional groups attached to an aromatic ring is 3. The Kier molecular flexibility index (Phi) is 10.7. The molecular formula is C28H30N6O3. The molecule has 3 amide bonds. The molecule has 0 spiro atoms. The first-order valence-electron chi connectivity index (χ1n) is 11.2. The highest BCUT2D eigenvalue weighted by Crippen LogP contribution is 2.14. The van der Waals surface area contributed by atoms with E-state index in [4.69, 9.17) is 22.9 Å². The molecule has 4 rings (SSSR count). The van der Waals surface area contributed by atoms with Gasteiger partial charge in [-0.25, -0.2) is 0 Å². The Morgan fingerprint density at radius 1 is 0.541 bits per heavy atom. The molecule has 0 aromatic heterocycles. The van der Waals surface area contributed by atoms with Gasteiger partial charge in [-0.3, -0.25) is 14.4 Å². The smallest absolute Gasteiger partial charge is 0.257 e. The van der Waals surface area contributed by atoms with Gasteiger partial charge in [-0.15, -0.1) is 0 Å². The van der Waals surface area contributed by atoms with E-state index in [1.165, 1.54) is 0 Å². The molecule has 0 bridgehead atoms. The molecule has 0 aliphatic heterocycles. The molecule has 0 aliphatic carbocycles. The third-order valence-corrected chi connectivity index (χ3v) is 4.90. The molecule has 0 unspecified atom stereocenters. The van der Waals surface area contributed by atoms with Crippen LogP contribution >= 0.6 is 0 Å². The van der Waals surface area contributed by atoms with Gasteiger partial charge in [0.15, 0.2) is 0 Å². The summed E-state index contributed by atoms with van der Waals surface area (Å²) in [6, 6.07) is 29.9. The van der Waals surface area contributed by atoms with Crippen LogP contribution in [0.2, 0.25) is 0 Å². The van der Waals surface area contributed by atoms with Gasteiger partial charge in [-0.1, -0.05) is 54.6 Å². The third-order valence-electron chi connectivity index (χ3n) is 4.90. The fourth-order valence-corrected chi connectivity index (χ4v) is 2.98. The number of benzene rings is 4. The molecule has 0 saturated heterocycles. The summed E-state index contributed by atoms with van der Waals surface area (Å²) in [6.07, 6.45) is 0. The topological polar surface area (TPSA) is 179 Å². The summed E-state index contributed by atoms with van der Waals surface area (Å²) in [5, 5.41) is 5.28. The van der Waals surface area contributed by atoms with E-state index in [0.717, 1.165) is 5.69 Å². The summed E-state index contributed by atoms with van der Waals surface area (Å²) in [6.45, 7) is 0. The maximum Gasteiger partial charge on any atom is 0.257 e. The van der Waals surface area contributed by atoms with E-state index in [9.17, 15) is 14.4 Å². The van der Waals surface area contributed by atoms with Gasteiger partial charge in [0.25, 0.3) is 17.7 Å². The zero-order chi connectivity index (χ0) is 27.2. The number of para-hydroxylation sites is 4. The highest BCUT2D eigenvalue weighted by molar-refractivity contribution is 6.07. The molecule has 0 fully saturated rings. The lowest BCUT2D eigenvalue weighted by Crippen LogP contribution is -2.19. The van der Waals surface area contributed by atoms with Gasteiger partial charge >= 0.3 is 0 Å². The van der Waals surface area contributed by atoms with Gasteiger partial charge in [-0.05, 0) is 48.5 Å². The zero-order valence-corrected chi connectivity index (χ0v) is 20.3. The number of hydrogen-bond donors (Lipinski definition) is 6. The molecular weight excluding hydrogens is 468 g/mol. The second-order valence-corrected chi connectivity index (χ2v) is 7.53. The maximum absolute atomic E-state index is 11.8. The molecule has 0 aliphatic rings. The van der Waals surface area contributed by atoms with Gasteiger partial charge in [0.05, 0.1) is 16.7 Å². The summed E-state index contributed by atoms with van der Waals surface area (Å²) in [5.41, 5.74) is 25.2. The Morgan fingerprint density at radius 3 is 1.30 bits per heavy atom. The first-order valence-corrected chi connectivity index (χ1v) is 11.2. The van der Waals surface area contributed by atoms with Crippen molar-refractivity contribution in [2.75, 3.05) is 29.6 Å². The van der Waals surface area contributed by atoms with Crippen molar-refractivity contribution in [3.63, 3.8) is 0 Å². The van der Waals surface area contributed by atoms with Crippen molar-refractivity contribution >= 4 is 40.5 Å². The van der Waals surface area contributed by atoms with Crippen LogP contribution in [-0.2, 0) is 0 Å². The monoisotopic (exact) mass is 498 g/mol. The standard InChI is InChI=1S/C13H12N2O.C8H10N2O.C7H8N2O/c14-12-9-5-4-8-11(12)13(16)15-10-6-2-1-3-7-10;1-10-8(11)6-4-2-3-5-7(6)9;8-6-4-2-1-3-5(6)7(9)10/h1-9H,14H2,(H,15,16);2-5H,9H2,1H3,(H,10,11);1-4H,8H2,(H2,9,10). The molecule has 9 nitrogen and oxygen atoms in total. The number of nitrogens with two attached hydrogens (primary N) is 4. The molecule has 4 aromatic carbocycles. The molecule has 10 N–H and O–H groups in total. The lowest BCUT2D eigenvalue weighted by Gasteiger charge is -2.06. The van der Waals surface area contributed by atoms with Crippen LogP contribution in [-0.4, -0.2) is 24.8 Å². The van der Waals surface area contributed by atoms with Crippen LogP contribution in [0.3, 0.4) is 0 Å². The Balaban J connectivity index is 0.000000203. The highest BCUT2D eigenvalue weighted by Gasteiger charge is 2.08. The molecule has 190 valence electrons. The van der Waals surface area contributed by atoms with E-state index in [2.05, 4.69) is 10.6 Å². The van der Waals surface area contributed by atoms with E-state index in [1.807, 2.05) is 30.3 Å². The van der Waals surface area contributed by atoms with Crippen molar-refractivity contribution in [1.29, 1.82) is 0 Å². The number of nitrogens with one attached hydrogen (secondary N) is 2. The molecule has 0 atom stereocenters. The first kappa shape index (κ1) is 27.9. The Morgan fingerprint density at radius 2 is 0.919 bits per heavy atom. The minimum atomic E-state index is -0.488. The average molecular weight is 499 g/mol. The van der Waals surface area contributed by atoms with Crippen LogP contribution in [0.15, 0.2) is 103 Å². The molecule has 0 radical (unpaired) electrons. The molecule has 37 heavy (non-hydrogen) atoms. The molecule has 4 aromatic rings. The maximum atomic E-state index is 11.8. The summed E-state index contributed by atoms with van der Waals surface area (Å²) in [7, 11) is 1.58. The van der Waals surface area contributed by atoms with Gasteiger partial charge in [0.1, 0.15) is 0 Å². The van der Waals surface area contributed by atoms with Crippen LogP contribution < -0.4 is 33.6 Å². The number of carbonyl (C=O) groups is 3. The Bertz CT molecular complexity index is 1340. The van der Waals surface area contributed by atoms with Gasteiger partial charge < -0.3 is 33.6 Å². The number of anilines is 4. The van der Waals surface area contributed by atoms with E-state index in [1.54, 1.807) is 79.8 Å². The second-order valence-electron chi connectivity index (χ2n) is 7.53. The number of primary amides is 1. The second kappa shape index (κ2) is 14.2. The molecule has 0 heterocycles. The lowest BCUT2D eigenvalue weighted by atomic mass is 10.1. The van der Waals surface area contributed by atoms with E-state index >= 15 is 0 Å². The number of rotatable bonds is 4. The van der Waals surface area contributed by atoms with Gasteiger partial charge in [-0.2, -0.15) is 0 Å². The van der Waals surface area contributed by atoms with Crippen molar-refractivity contribution in [3.05, 3.63) is 120 Å². The van der Waals surface area contributed by atoms with Crippen molar-refractivity contribution in [1.82, 2.24) is 5.32 Å². The summed E-state index contributed by atoms with van der Waals surface area (Å²) < 4.78 is 0. The van der Waals surface area contributed by atoms with Crippen molar-refractivity contribution in [2.45, 2.75) is 0 Å². The summed E-state index contributed by atoms with van der Waals surface area (Å²) >= 11 is 0. The van der Waals surface area contributed by atoms with Crippen LogP contribution in [0.1, 0.15) is 31.1 Å². The number of carbonyl (C=O) groups excluding carboxylic acids is 3. The van der Waals surface area contributed by atoms with E-state index in [0.29, 0.717) is 33.8 Å². The average Bonchev–Trinajstić information content (AvgIpc) is 2.90. The zero-order valence-electron chi connectivity index (χ0n) is 20.3. The van der Waals surface area contributed by atoms with Crippen molar-refractivity contribution in [3.8, 4) is 0 Å². The van der Waals surface area contributed by atoms with Crippen LogP contribution in [0, 0.1) is 0 Å². The summed E-state index contributed by atoms with van der Waals surface area (Å²) in [4.78, 5) is 33.5. The number of hydrogen-bond acceptors (Lipinski definition) is 6. The van der Waals surface area contributed by atoms with E-state index in [-0.39, 0.29) is 11.8 Å². The number of amides is 3. The predicted molar refractivity (Wildman–Crippen MR) is 149 cm³/mol. The van der Waals surface area contributed by atoms with Crippen molar-refractivity contribution in [2.24, 2.45) is 5.73 Å². The van der Waals surface area contributed by atoms with Crippen molar-refractivity contribution < 1.29 is 14.4 Å². The first-order chi connectivity index (χ1) is 17.7. The lowest BCUT2D eigenvalue weighted by molar-refractivity contribution is 0.0961. The largest absolute Gasteiger partial charge is 0.398 e. The van der Waals surface area contributed by atoms with Crippen LogP contribution in [0.5, 0.6) is 0 Å². The third kappa shape index (κ3) is 8.76. The van der Waals surface area contributed by atoms with Gasteiger partial charge in [0, 0.05) is 29.8 Å². The van der Waals surface area contributed by atoms with Gasteiger partial charge in [0.2, 0.25) is 0 Å². The minimum absolute atomic E-state index is 0.150. The fraction of sp³-hybridized carbons (Fsp3) is 0.0357. The highest BCUT2D eigenvalue weighted by atomic mass is 16.2. The minimum Gasteiger partial charge on any atom is -0.398 e. The van der Waals surface area contributed by atoms with Crippen LogP contribution in [0.25, 0.3) is 0 Å². The Hall–Kier alpha value is -5.31. The fourth-order valence-electron chi connectivity index (χ4n) is 2.98. The SMILES string of the molecule is CNC(=O)c1ccccc1N.NC(=O)c1ccccc1N.Nc1ccccc1C(=O)Nc1ccccc1. The Labute approximate surface area is 215 Å². The quantitative estimate of drug-likeness (QED) is 0.234. The van der Waals surface area contributed by atoms with Crippen LogP contribution in [0.4, 0.5) is 22.7 Å².